The molecule has 1 heterocycles. The van der Waals surface area contributed by atoms with Gasteiger partial charge in [-0.1, -0.05) is 6.07 Å². The van der Waals surface area contributed by atoms with Crippen LogP contribution in [0, 0.1) is 6.92 Å². The van der Waals surface area contributed by atoms with E-state index in [-0.39, 0.29) is 17.4 Å². The second-order valence-electron chi connectivity index (χ2n) is 3.76. The van der Waals surface area contributed by atoms with Gasteiger partial charge in [0.2, 0.25) is 0 Å². The molecular formula is C12H11NO3. The molecule has 0 aliphatic rings. The van der Waals surface area contributed by atoms with Crippen molar-refractivity contribution in [2.75, 3.05) is 0 Å². The zero-order valence-corrected chi connectivity index (χ0v) is 8.78. The SMILES string of the molecule is Cc1ccc2c(=O)c(CC(=O)O)c[nH]c2c1. The summed E-state index contributed by atoms with van der Waals surface area (Å²) in [5.74, 6) is -1.00. The molecule has 0 radical (unpaired) electrons. The number of pyridine rings is 1. The Morgan fingerprint density at radius 3 is 2.88 bits per heavy atom. The van der Waals surface area contributed by atoms with Crippen molar-refractivity contribution < 1.29 is 9.90 Å². The first-order valence-electron chi connectivity index (χ1n) is 4.90. The minimum Gasteiger partial charge on any atom is -0.481 e. The Labute approximate surface area is 91.5 Å². The Bertz CT molecular complexity index is 613. The number of carboxylic acids is 1. The fourth-order valence-corrected chi connectivity index (χ4v) is 1.67. The highest BCUT2D eigenvalue weighted by atomic mass is 16.4. The minimum absolute atomic E-state index is 0.212. The lowest BCUT2D eigenvalue weighted by Crippen LogP contribution is -2.14. The predicted octanol–water partition coefficient (Wildman–Crippen LogP) is 1.46. The van der Waals surface area contributed by atoms with E-state index in [1.807, 2.05) is 19.1 Å². The number of benzene rings is 1. The first kappa shape index (κ1) is 10.4. The van der Waals surface area contributed by atoms with Crippen LogP contribution in [-0.4, -0.2) is 16.1 Å². The topological polar surface area (TPSA) is 70.2 Å². The largest absolute Gasteiger partial charge is 0.481 e. The van der Waals surface area contributed by atoms with E-state index in [0.29, 0.717) is 5.39 Å². The van der Waals surface area contributed by atoms with Gasteiger partial charge in [-0.25, -0.2) is 0 Å². The van der Waals surface area contributed by atoms with Crippen LogP contribution in [0.5, 0.6) is 0 Å². The summed E-state index contributed by atoms with van der Waals surface area (Å²) < 4.78 is 0. The molecule has 0 fully saturated rings. The summed E-state index contributed by atoms with van der Waals surface area (Å²) in [6.07, 6.45) is 1.22. The number of rotatable bonds is 2. The molecular weight excluding hydrogens is 206 g/mol. The van der Waals surface area contributed by atoms with Gasteiger partial charge in [0.15, 0.2) is 5.43 Å². The number of carbonyl (C=O) groups is 1. The molecule has 16 heavy (non-hydrogen) atoms. The molecule has 0 aliphatic heterocycles. The molecule has 2 aromatic rings. The number of fused-ring (bicyclic) bond motifs is 1. The standard InChI is InChI=1S/C12H11NO3/c1-7-2-3-9-10(4-7)13-6-8(12(9)16)5-11(14)15/h2-4,6H,5H2,1H3,(H,13,16)(H,14,15). The van der Waals surface area contributed by atoms with Gasteiger partial charge >= 0.3 is 5.97 Å². The van der Waals surface area contributed by atoms with E-state index in [9.17, 15) is 9.59 Å². The first-order chi connectivity index (χ1) is 7.58. The van der Waals surface area contributed by atoms with E-state index in [4.69, 9.17) is 5.11 Å². The Morgan fingerprint density at radius 1 is 1.44 bits per heavy atom. The van der Waals surface area contributed by atoms with Crippen LogP contribution in [0.1, 0.15) is 11.1 Å². The highest BCUT2D eigenvalue weighted by Crippen LogP contribution is 2.10. The van der Waals surface area contributed by atoms with Crippen LogP contribution in [0.3, 0.4) is 0 Å². The Morgan fingerprint density at radius 2 is 2.19 bits per heavy atom. The van der Waals surface area contributed by atoms with Crippen molar-refractivity contribution in [3.63, 3.8) is 0 Å². The van der Waals surface area contributed by atoms with Gasteiger partial charge in [-0.05, 0) is 24.6 Å². The third-order valence-corrected chi connectivity index (χ3v) is 2.45. The number of carboxylic acid groups (broad SMARTS) is 1. The van der Waals surface area contributed by atoms with Crippen molar-refractivity contribution in [2.24, 2.45) is 0 Å². The van der Waals surface area contributed by atoms with Crippen LogP contribution in [0.25, 0.3) is 10.9 Å². The monoisotopic (exact) mass is 217 g/mol. The molecule has 2 rings (SSSR count). The number of aryl methyl sites for hydroxylation is 1. The summed E-state index contributed by atoms with van der Waals surface area (Å²) in [5.41, 5.74) is 1.85. The van der Waals surface area contributed by atoms with Crippen LogP contribution in [0.4, 0.5) is 0 Å². The molecule has 4 heteroatoms. The third kappa shape index (κ3) is 1.82. The van der Waals surface area contributed by atoms with Crippen LogP contribution >= 0.6 is 0 Å². The molecule has 0 amide bonds. The third-order valence-electron chi connectivity index (χ3n) is 2.45. The van der Waals surface area contributed by atoms with E-state index >= 15 is 0 Å². The molecule has 1 aromatic heterocycles. The summed E-state index contributed by atoms with van der Waals surface area (Å²) in [7, 11) is 0. The Hall–Kier alpha value is -2.10. The lowest BCUT2D eigenvalue weighted by atomic mass is 10.1. The van der Waals surface area contributed by atoms with Gasteiger partial charge in [0.05, 0.1) is 6.42 Å². The molecule has 1 aromatic carbocycles. The van der Waals surface area contributed by atoms with Gasteiger partial charge in [-0.2, -0.15) is 0 Å². The number of aliphatic carboxylic acids is 1. The molecule has 82 valence electrons. The molecule has 0 saturated carbocycles. The average molecular weight is 217 g/mol. The number of hydrogen-bond acceptors (Lipinski definition) is 2. The van der Waals surface area contributed by atoms with E-state index < -0.39 is 5.97 Å². The molecule has 0 spiro atoms. The van der Waals surface area contributed by atoms with Crippen LogP contribution < -0.4 is 5.43 Å². The zero-order chi connectivity index (χ0) is 11.7. The van der Waals surface area contributed by atoms with Crippen molar-refractivity contribution >= 4 is 16.9 Å². The van der Waals surface area contributed by atoms with E-state index in [1.165, 1.54) is 6.20 Å². The van der Waals surface area contributed by atoms with Crippen LogP contribution in [0.2, 0.25) is 0 Å². The zero-order valence-electron chi connectivity index (χ0n) is 8.78. The van der Waals surface area contributed by atoms with Gasteiger partial charge in [0.1, 0.15) is 0 Å². The second-order valence-corrected chi connectivity index (χ2v) is 3.76. The molecule has 0 saturated heterocycles. The summed E-state index contributed by atoms with van der Waals surface area (Å²) in [6, 6.07) is 5.41. The van der Waals surface area contributed by atoms with E-state index in [0.717, 1.165) is 11.1 Å². The number of aromatic nitrogens is 1. The smallest absolute Gasteiger partial charge is 0.308 e. The molecule has 0 atom stereocenters. The van der Waals surface area contributed by atoms with Crippen molar-refractivity contribution in [3.8, 4) is 0 Å². The molecule has 0 unspecified atom stereocenters. The number of hydrogen-bond donors (Lipinski definition) is 2. The van der Waals surface area contributed by atoms with Gasteiger partial charge < -0.3 is 10.1 Å². The van der Waals surface area contributed by atoms with Crippen molar-refractivity contribution in [3.05, 3.63) is 45.7 Å². The maximum atomic E-state index is 11.9. The molecule has 4 nitrogen and oxygen atoms in total. The molecule has 0 bridgehead atoms. The maximum absolute atomic E-state index is 11.9. The molecule has 2 N–H and O–H groups in total. The minimum atomic E-state index is -1.00. The second kappa shape index (κ2) is 3.81. The van der Waals surface area contributed by atoms with Gasteiger partial charge in [-0.3, -0.25) is 9.59 Å². The average Bonchev–Trinajstić information content (AvgIpc) is 2.22. The quantitative estimate of drug-likeness (QED) is 0.800. The van der Waals surface area contributed by atoms with Crippen molar-refractivity contribution in [1.29, 1.82) is 0 Å². The van der Waals surface area contributed by atoms with E-state index in [1.54, 1.807) is 6.07 Å². The van der Waals surface area contributed by atoms with Crippen LogP contribution in [-0.2, 0) is 11.2 Å². The maximum Gasteiger partial charge on any atom is 0.308 e. The van der Waals surface area contributed by atoms with Gasteiger partial charge in [-0.15, -0.1) is 0 Å². The highest BCUT2D eigenvalue weighted by molar-refractivity contribution is 5.80. The molecule has 0 aliphatic carbocycles. The summed E-state index contributed by atoms with van der Waals surface area (Å²) >= 11 is 0. The fourth-order valence-electron chi connectivity index (χ4n) is 1.67. The number of aromatic amines is 1. The Kier molecular flexibility index (Phi) is 2.48. The fraction of sp³-hybridized carbons (Fsp3) is 0.167. The summed E-state index contributed by atoms with van der Waals surface area (Å²) in [4.78, 5) is 25.4. The summed E-state index contributed by atoms with van der Waals surface area (Å²) in [5, 5.41) is 9.19. The number of nitrogens with one attached hydrogen (secondary N) is 1. The number of H-pyrrole nitrogens is 1. The lowest BCUT2D eigenvalue weighted by Gasteiger charge is -2.02. The first-order valence-corrected chi connectivity index (χ1v) is 4.90. The highest BCUT2D eigenvalue weighted by Gasteiger charge is 2.08. The predicted molar refractivity (Wildman–Crippen MR) is 60.6 cm³/mol. The van der Waals surface area contributed by atoms with Crippen LogP contribution in [0.15, 0.2) is 29.2 Å². The van der Waals surface area contributed by atoms with Gasteiger partial charge in [0.25, 0.3) is 0 Å². The van der Waals surface area contributed by atoms with E-state index in [2.05, 4.69) is 4.98 Å². The normalized spacial score (nSPS) is 10.6. The summed E-state index contributed by atoms with van der Waals surface area (Å²) in [6.45, 7) is 1.93. The Balaban J connectivity index is 2.66. The lowest BCUT2D eigenvalue weighted by molar-refractivity contribution is -0.136. The van der Waals surface area contributed by atoms with Crippen molar-refractivity contribution in [2.45, 2.75) is 13.3 Å². The van der Waals surface area contributed by atoms with Crippen molar-refractivity contribution in [1.82, 2.24) is 4.98 Å². The van der Waals surface area contributed by atoms with Gasteiger partial charge in [0, 0.05) is 22.7 Å².